The van der Waals surface area contributed by atoms with E-state index < -0.39 is 15.9 Å². The molecule has 4 rings (SSSR count). The predicted molar refractivity (Wildman–Crippen MR) is 154 cm³/mol. The third kappa shape index (κ3) is 6.72. The second-order valence-corrected chi connectivity index (χ2v) is 11.3. The van der Waals surface area contributed by atoms with Crippen molar-refractivity contribution in [2.75, 3.05) is 16.2 Å². The number of nitrogens with one attached hydrogen (secondary N) is 2. The van der Waals surface area contributed by atoms with Crippen LogP contribution in [0.4, 0.5) is 11.4 Å². The zero-order valence-electron chi connectivity index (χ0n) is 21.9. The van der Waals surface area contributed by atoms with Crippen LogP contribution in [0.3, 0.4) is 0 Å². The molecule has 0 aliphatic heterocycles. The van der Waals surface area contributed by atoms with E-state index in [-0.39, 0.29) is 34.5 Å². The van der Waals surface area contributed by atoms with E-state index in [1.807, 2.05) is 44.2 Å². The van der Waals surface area contributed by atoms with Gasteiger partial charge in [-0.15, -0.1) is 0 Å². The number of anilines is 2. The number of nitrogens with zero attached hydrogens (tertiary/aromatic N) is 1. The fourth-order valence-corrected chi connectivity index (χ4v) is 5.52. The zero-order valence-corrected chi connectivity index (χ0v) is 22.7. The average molecular weight is 542 g/mol. The molecule has 2 N–H and O–H groups in total. The Balaban J connectivity index is 1.72. The van der Waals surface area contributed by atoms with E-state index in [0.29, 0.717) is 17.8 Å². The highest BCUT2D eigenvalue weighted by Gasteiger charge is 2.29. The second kappa shape index (κ2) is 12.4. The van der Waals surface area contributed by atoms with Crippen LogP contribution in [0, 0.1) is 5.92 Å². The minimum Gasteiger partial charge on any atom is -0.352 e. The van der Waals surface area contributed by atoms with Crippen molar-refractivity contribution in [3.8, 4) is 0 Å². The summed E-state index contributed by atoms with van der Waals surface area (Å²) >= 11 is 0. The third-order valence-electron chi connectivity index (χ3n) is 6.01. The summed E-state index contributed by atoms with van der Waals surface area (Å²) in [5, 5.41) is 5.69. The number of hydrogen-bond acceptors (Lipinski definition) is 4. The van der Waals surface area contributed by atoms with Crippen molar-refractivity contribution in [3.05, 3.63) is 126 Å². The van der Waals surface area contributed by atoms with Gasteiger partial charge in [-0.2, -0.15) is 0 Å². The van der Waals surface area contributed by atoms with Crippen LogP contribution in [-0.4, -0.2) is 26.8 Å². The predicted octanol–water partition coefficient (Wildman–Crippen LogP) is 5.72. The van der Waals surface area contributed by atoms with E-state index in [1.165, 1.54) is 16.4 Å². The fourth-order valence-electron chi connectivity index (χ4n) is 4.02. The highest BCUT2D eigenvalue weighted by atomic mass is 32.2. The second-order valence-electron chi connectivity index (χ2n) is 9.43. The van der Waals surface area contributed by atoms with Gasteiger partial charge in [-0.05, 0) is 47.9 Å². The number of sulfonamides is 1. The summed E-state index contributed by atoms with van der Waals surface area (Å²) in [6.07, 6.45) is 0. The maximum absolute atomic E-state index is 13.9. The standard InChI is InChI=1S/C31H31N3O4S/c1-23(2)21-32-30(35)26-17-9-11-19-28(26)33-31(36)27-18-10-12-20-29(27)34(22-24-13-5-3-6-14-24)39(37,38)25-15-7-4-8-16-25/h3-20,23H,21-22H2,1-2H3,(H,32,35)(H,33,36). The summed E-state index contributed by atoms with van der Waals surface area (Å²) in [6.45, 7) is 4.51. The SMILES string of the molecule is CC(C)CNC(=O)c1ccccc1NC(=O)c1ccccc1N(Cc1ccccc1)S(=O)(=O)c1ccccc1. The quantitative estimate of drug-likeness (QED) is 0.268. The highest BCUT2D eigenvalue weighted by molar-refractivity contribution is 7.92. The summed E-state index contributed by atoms with van der Waals surface area (Å²) in [5.74, 6) is -0.564. The number of amides is 2. The molecule has 200 valence electrons. The van der Waals surface area contributed by atoms with Gasteiger partial charge in [0.25, 0.3) is 21.8 Å². The molecule has 4 aromatic rings. The number of benzene rings is 4. The van der Waals surface area contributed by atoms with Gasteiger partial charge in [-0.1, -0.05) is 86.6 Å². The summed E-state index contributed by atoms with van der Waals surface area (Å²) < 4.78 is 29.0. The number of para-hydroxylation sites is 2. The van der Waals surface area contributed by atoms with E-state index in [2.05, 4.69) is 10.6 Å². The summed E-state index contributed by atoms with van der Waals surface area (Å²) in [7, 11) is -4.03. The first-order valence-electron chi connectivity index (χ1n) is 12.7. The lowest BCUT2D eigenvalue weighted by Gasteiger charge is -2.26. The van der Waals surface area contributed by atoms with Gasteiger partial charge in [-0.25, -0.2) is 8.42 Å². The molecule has 0 spiro atoms. The molecular weight excluding hydrogens is 510 g/mol. The smallest absolute Gasteiger partial charge is 0.264 e. The van der Waals surface area contributed by atoms with Crippen LogP contribution in [0.15, 0.2) is 114 Å². The Labute approximate surface area is 229 Å². The minimum atomic E-state index is -4.03. The molecule has 0 radical (unpaired) electrons. The van der Waals surface area contributed by atoms with Gasteiger partial charge in [0, 0.05) is 6.54 Å². The van der Waals surface area contributed by atoms with Gasteiger partial charge in [0.2, 0.25) is 0 Å². The van der Waals surface area contributed by atoms with Gasteiger partial charge in [0.05, 0.1) is 33.9 Å². The van der Waals surface area contributed by atoms with E-state index >= 15 is 0 Å². The Morgan fingerprint density at radius 1 is 0.718 bits per heavy atom. The maximum atomic E-state index is 13.9. The molecule has 8 heteroatoms. The Morgan fingerprint density at radius 2 is 1.28 bits per heavy atom. The Hall–Kier alpha value is -4.43. The Morgan fingerprint density at radius 3 is 1.95 bits per heavy atom. The van der Waals surface area contributed by atoms with Gasteiger partial charge in [0.1, 0.15) is 0 Å². The molecule has 39 heavy (non-hydrogen) atoms. The lowest BCUT2D eigenvalue weighted by Crippen LogP contribution is -2.32. The van der Waals surface area contributed by atoms with Crippen molar-refractivity contribution in [3.63, 3.8) is 0 Å². The van der Waals surface area contributed by atoms with Gasteiger partial charge >= 0.3 is 0 Å². The average Bonchev–Trinajstić information content (AvgIpc) is 2.96. The van der Waals surface area contributed by atoms with Crippen molar-refractivity contribution in [1.29, 1.82) is 0 Å². The monoisotopic (exact) mass is 541 g/mol. The first-order chi connectivity index (χ1) is 18.8. The zero-order chi connectivity index (χ0) is 27.8. The summed E-state index contributed by atoms with van der Waals surface area (Å²) in [5.41, 5.74) is 1.80. The fraction of sp³-hybridized carbons (Fsp3) is 0.161. The molecule has 0 heterocycles. The van der Waals surface area contributed by atoms with Crippen LogP contribution in [0.5, 0.6) is 0 Å². The van der Waals surface area contributed by atoms with Crippen LogP contribution in [0.25, 0.3) is 0 Å². The van der Waals surface area contributed by atoms with Crippen LogP contribution in [0.1, 0.15) is 40.1 Å². The van der Waals surface area contributed by atoms with Crippen molar-refractivity contribution in [2.24, 2.45) is 5.92 Å². The van der Waals surface area contributed by atoms with Crippen LogP contribution in [-0.2, 0) is 16.6 Å². The molecule has 0 aliphatic rings. The number of carbonyl (C=O) groups excluding carboxylic acids is 2. The number of hydrogen-bond donors (Lipinski definition) is 2. The van der Waals surface area contributed by atoms with Crippen molar-refractivity contribution < 1.29 is 18.0 Å². The molecule has 0 fully saturated rings. The third-order valence-corrected chi connectivity index (χ3v) is 7.78. The molecule has 0 aliphatic carbocycles. The molecule has 0 bridgehead atoms. The largest absolute Gasteiger partial charge is 0.352 e. The molecule has 0 saturated carbocycles. The van der Waals surface area contributed by atoms with E-state index in [9.17, 15) is 18.0 Å². The molecule has 7 nitrogen and oxygen atoms in total. The lowest BCUT2D eigenvalue weighted by atomic mass is 10.1. The van der Waals surface area contributed by atoms with Crippen LogP contribution in [0.2, 0.25) is 0 Å². The molecule has 0 aromatic heterocycles. The van der Waals surface area contributed by atoms with Crippen LogP contribution < -0.4 is 14.9 Å². The van der Waals surface area contributed by atoms with Crippen molar-refractivity contribution in [2.45, 2.75) is 25.3 Å². The van der Waals surface area contributed by atoms with E-state index in [1.54, 1.807) is 66.7 Å². The highest BCUT2D eigenvalue weighted by Crippen LogP contribution is 2.30. The summed E-state index contributed by atoms with van der Waals surface area (Å²) in [4.78, 5) is 26.6. The van der Waals surface area contributed by atoms with Gasteiger partial charge < -0.3 is 10.6 Å². The van der Waals surface area contributed by atoms with Crippen molar-refractivity contribution in [1.82, 2.24) is 5.32 Å². The van der Waals surface area contributed by atoms with Gasteiger partial charge in [0.15, 0.2) is 0 Å². The molecule has 2 amide bonds. The van der Waals surface area contributed by atoms with Crippen molar-refractivity contribution >= 4 is 33.2 Å². The first-order valence-corrected chi connectivity index (χ1v) is 14.1. The Kier molecular flexibility index (Phi) is 8.78. The molecular formula is C31H31N3O4S. The topological polar surface area (TPSA) is 95.6 Å². The van der Waals surface area contributed by atoms with E-state index in [0.717, 1.165) is 5.56 Å². The molecule has 0 saturated heterocycles. The summed E-state index contributed by atoms with van der Waals surface area (Å²) in [6, 6.07) is 30.6. The molecule has 0 atom stereocenters. The maximum Gasteiger partial charge on any atom is 0.264 e. The Bertz CT molecular complexity index is 1540. The minimum absolute atomic E-state index is 0.0244. The first kappa shape index (κ1) is 27.6. The molecule has 4 aromatic carbocycles. The molecule has 0 unspecified atom stereocenters. The lowest BCUT2D eigenvalue weighted by molar-refractivity contribution is 0.0950. The number of carbonyl (C=O) groups is 2. The number of rotatable bonds is 10. The normalized spacial score (nSPS) is 11.2. The van der Waals surface area contributed by atoms with Crippen LogP contribution >= 0.6 is 0 Å². The van der Waals surface area contributed by atoms with E-state index in [4.69, 9.17) is 0 Å². The van der Waals surface area contributed by atoms with Gasteiger partial charge in [-0.3, -0.25) is 13.9 Å².